The standard InChI is InChI=1S/C16H33NO/c1-6-13-17-14(15(2,3)4)16(18-5)11-9-7-8-10-12-16/h14,17H,6-13H2,1-5H3. The van der Waals surface area contributed by atoms with Crippen molar-refractivity contribution in [1.82, 2.24) is 5.32 Å². The normalized spacial score (nSPS) is 22.5. The van der Waals surface area contributed by atoms with E-state index in [0.717, 1.165) is 6.54 Å². The van der Waals surface area contributed by atoms with E-state index < -0.39 is 0 Å². The van der Waals surface area contributed by atoms with Gasteiger partial charge in [0.2, 0.25) is 0 Å². The highest BCUT2D eigenvalue weighted by atomic mass is 16.5. The smallest absolute Gasteiger partial charge is 0.0836 e. The highest BCUT2D eigenvalue weighted by molar-refractivity contribution is 5.00. The van der Waals surface area contributed by atoms with Crippen molar-refractivity contribution in [3.8, 4) is 0 Å². The van der Waals surface area contributed by atoms with Gasteiger partial charge in [-0.05, 0) is 31.2 Å². The lowest BCUT2D eigenvalue weighted by Crippen LogP contribution is -2.58. The van der Waals surface area contributed by atoms with Crippen molar-refractivity contribution in [2.24, 2.45) is 5.41 Å². The summed E-state index contributed by atoms with van der Waals surface area (Å²) in [4.78, 5) is 0. The third-order valence-corrected chi connectivity index (χ3v) is 4.35. The third kappa shape index (κ3) is 3.96. The van der Waals surface area contributed by atoms with Gasteiger partial charge in [-0.1, -0.05) is 53.4 Å². The molecular weight excluding hydrogens is 222 g/mol. The maximum absolute atomic E-state index is 6.08. The molecule has 0 amide bonds. The Hall–Kier alpha value is -0.0800. The zero-order chi connectivity index (χ0) is 13.6. The Labute approximate surface area is 114 Å². The average molecular weight is 255 g/mol. The number of hydrogen-bond donors (Lipinski definition) is 1. The van der Waals surface area contributed by atoms with E-state index in [0.29, 0.717) is 6.04 Å². The van der Waals surface area contributed by atoms with E-state index in [1.165, 1.54) is 44.9 Å². The molecule has 108 valence electrons. The fourth-order valence-corrected chi connectivity index (χ4v) is 3.51. The second kappa shape index (κ2) is 6.91. The zero-order valence-corrected chi connectivity index (χ0v) is 13.1. The molecule has 0 saturated heterocycles. The minimum absolute atomic E-state index is 0.0456. The molecule has 0 bridgehead atoms. The van der Waals surface area contributed by atoms with Crippen LogP contribution in [0.1, 0.15) is 72.6 Å². The Balaban J connectivity index is 2.89. The molecule has 1 aliphatic carbocycles. The Morgan fingerprint density at radius 2 is 1.67 bits per heavy atom. The van der Waals surface area contributed by atoms with Crippen molar-refractivity contribution in [1.29, 1.82) is 0 Å². The molecule has 0 heterocycles. The lowest BCUT2D eigenvalue weighted by atomic mass is 9.72. The first kappa shape index (κ1) is 16.0. The number of rotatable bonds is 5. The van der Waals surface area contributed by atoms with E-state index in [1.807, 2.05) is 7.11 Å². The van der Waals surface area contributed by atoms with Gasteiger partial charge in [-0.25, -0.2) is 0 Å². The first-order chi connectivity index (χ1) is 8.46. The fraction of sp³-hybridized carbons (Fsp3) is 1.00. The lowest BCUT2D eigenvalue weighted by Gasteiger charge is -2.46. The summed E-state index contributed by atoms with van der Waals surface area (Å²) in [6, 6.07) is 0.452. The molecular formula is C16H33NO. The quantitative estimate of drug-likeness (QED) is 0.745. The topological polar surface area (TPSA) is 21.3 Å². The van der Waals surface area contributed by atoms with Crippen LogP contribution >= 0.6 is 0 Å². The van der Waals surface area contributed by atoms with Gasteiger partial charge in [0.15, 0.2) is 0 Å². The van der Waals surface area contributed by atoms with Crippen LogP contribution in [0, 0.1) is 5.41 Å². The summed E-state index contributed by atoms with van der Waals surface area (Å²) >= 11 is 0. The van der Waals surface area contributed by atoms with Gasteiger partial charge in [0.05, 0.1) is 5.60 Å². The van der Waals surface area contributed by atoms with E-state index >= 15 is 0 Å². The molecule has 18 heavy (non-hydrogen) atoms. The Morgan fingerprint density at radius 1 is 1.11 bits per heavy atom. The summed E-state index contributed by atoms with van der Waals surface area (Å²) in [5, 5.41) is 3.77. The molecule has 0 aliphatic heterocycles. The molecule has 0 spiro atoms. The van der Waals surface area contributed by atoms with E-state index in [-0.39, 0.29) is 11.0 Å². The predicted molar refractivity (Wildman–Crippen MR) is 79.0 cm³/mol. The van der Waals surface area contributed by atoms with Crippen molar-refractivity contribution < 1.29 is 4.74 Å². The monoisotopic (exact) mass is 255 g/mol. The summed E-state index contributed by atoms with van der Waals surface area (Å²) < 4.78 is 6.08. The van der Waals surface area contributed by atoms with Crippen LogP contribution in [-0.2, 0) is 4.74 Å². The van der Waals surface area contributed by atoms with Gasteiger partial charge in [0.25, 0.3) is 0 Å². The summed E-state index contributed by atoms with van der Waals surface area (Å²) in [7, 11) is 1.91. The maximum Gasteiger partial charge on any atom is 0.0836 e. The van der Waals surface area contributed by atoms with Crippen molar-refractivity contribution in [3.05, 3.63) is 0 Å². The minimum atomic E-state index is 0.0456. The first-order valence-corrected chi connectivity index (χ1v) is 7.75. The molecule has 0 aromatic heterocycles. The van der Waals surface area contributed by atoms with Gasteiger partial charge in [0, 0.05) is 13.2 Å². The van der Waals surface area contributed by atoms with Crippen molar-refractivity contribution in [2.45, 2.75) is 84.3 Å². The van der Waals surface area contributed by atoms with Gasteiger partial charge in [0.1, 0.15) is 0 Å². The zero-order valence-electron chi connectivity index (χ0n) is 13.1. The van der Waals surface area contributed by atoms with E-state index in [4.69, 9.17) is 4.74 Å². The highest BCUT2D eigenvalue weighted by Gasteiger charge is 2.44. The summed E-state index contributed by atoms with van der Waals surface area (Å²) in [6.45, 7) is 10.3. The van der Waals surface area contributed by atoms with E-state index in [2.05, 4.69) is 33.0 Å². The maximum atomic E-state index is 6.08. The Kier molecular flexibility index (Phi) is 6.13. The highest BCUT2D eigenvalue weighted by Crippen LogP contribution is 2.39. The Morgan fingerprint density at radius 3 is 2.06 bits per heavy atom. The predicted octanol–water partition coefficient (Wildman–Crippen LogP) is 4.14. The molecule has 1 saturated carbocycles. The van der Waals surface area contributed by atoms with Crippen molar-refractivity contribution >= 4 is 0 Å². The van der Waals surface area contributed by atoms with Crippen LogP contribution in [0.25, 0.3) is 0 Å². The lowest BCUT2D eigenvalue weighted by molar-refractivity contribution is -0.0803. The second-order valence-corrected chi connectivity index (χ2v) is 6.94. The number of nitrogens with one attached hydrogen (secondary N) is 1. The molecule has 0 aromatic rings. The minimum Gasteiger partial charge on any atom is -0.377 e. The Bertz CT molecular complexity index is 224. The van der Waals surface area contributed by atoms with Gasteiger partial charge in [-0.3, -0.25) is 0 Å². The molecule has 1 aliphatic rings. The summed E-state index contributed by atoms with van der Waals surface area (Å²) in [5.74, 6) is 0. The largest absolute Gasteiger partial charge is 0.377 e. The van der Waals surface area contributed by atoms with Crippen LogP contribution in [0.15, 0.2) is 0 Å². The van der Waals surface area contributed by atoms with Gasteiger partial charge in [-0.15, -0.1) is 0 Å². The van der Waals surface area contributed by atoms with Crippen molar-refractivity contribution in [3.63, 3.8) is 0 Å². The van der Waals surface area contributed by atoms with Crippen LogP contribution in [0.5, 0.6) is 0 Å². The average Bonchev–Trinajstić information content (AvgIpc) is 2.54. The molecule has 1 atom stereocenters. The molecule has 1 N–H and O–H groups in total. The number of ether oxygens (including phenoxy) is 1. The van der Waals surface area contributed by atoms with E-state index in [9.17, 15) is 0 Å². The third-order valence-electron chi connectivity index (χ3n) is 4.35. The van der Waals surface area contributed by atoms with Crippen molar-refractivity contribution in [2.75, 3.05) is 13.7 Å². The molecule has 0 aromatic carbocycles. The van der Waals surface area contributed by atoms with Crippen LogP contribution < -0.4 is 5.32 Å². The molecule has 1 unspecified atom stereocenters. The second-order valence-electron chi connectivity index (χ2n) is 6.94. The first-order valence-electron chi connectivity index (χ1n) is 7.75. The summed E-state index contributed by atoms with van der Waals surface area (Å²) in [6.07, 6.45) is 8.98. The van der Waals surface area contributed by atoms with Gasteiger partial charge >= 0.3 is 0 Å². The van der Waals surface area contributed by atoms with Crippen LogP contribution in [0.4, 0.5) is 0 Å². The SMILES string of the molecule is CCCNC(C(C)(C)C)C1(OC)CCCCCC1. The van der Waals surface area contributed by atoms with E-state index in [1.54, 1.807) is 0 Å². The molecule has 2 nitrogen and oxygen atoms in total. The number of methoxy groups -OCH3 is 1. The van der Waals surface area contributed by atoms with Gasteiger partial charge < -0.3 is 10.1 Å². The molecule has 0 radical (unpaired) electrons. The van der Waals surface area contributed by atoms with Gasteiger partial charge in [-0.2, -0.15) is 0 Å². The summed E-state index contributed by atoms with van der Waals surface area (Å²) in [5.41, 5.74) is 0.291. The fourth-order valence-electron chi connectivity index (χ4n) is 3.51. The van der Waals surface area contributed by atoms with Crippen LogP contribution in [0.2, 0.25) is 0 Å². The molecule has 1 fully saturated rings. The molecule has 1 rings (SSSR count). The molecule has 2 heteroatoms. The van der Waals surface area contributed by atoms with Crippen LogP contribution in [0.3, 0.4) is 0 Å². The van der Waals surface area contributed by atoms with Crippen LogP contribution in [-0.4, -0.2) is 25.3 Å². The number of hydrogen-bond acceptors (Lipinski definition) is 2.